The zero-order valence-corrected chi connectivity index (χ0v) is 18.4. The van der Waals surface area contributed by atoms with Gasteiger partial charge >= 0.3 is 5.97 Å². The molecule has 0 spiro atoms. The Bertz CT molecular complexity index is 842. The minimum absolute atomic E-state index is 0.0413. The molecule has 11 heteroatoms. The standard InChI is InChI=1S/C17H16Cl3N3O3S2/c1-2-26-14(25)10-6-3-4-7-11(10)21-16(27)23-15(17(18,19)20)22-13(24)12-8-5-9-28-12/h3-9,15H,2H2,1H3,(H,22,24)(H2,21,23,27). The fourth-order valence-corrected chi connectivity index (χ4v) is 3.26. The number of rotatable bonds is 6. The van der Waals surface area contributed by atoms with Crippen molar-refractivity contribution in [2.24, 2.45) is 0 Å². The van der Waals surface area contributed by atoms with E-state index in [-0.39, 0.29) is 11.7 Å². The summed E-state index contributed by atoms with van der Waals surface area (Å²) >= 11 is 24.4. The molecule has 150 valence electrons. The van der Waals surface area contributed by atoms with Crippen LogP contribution in [0.2, 0.25) is 0 Å². The molecule has 1 atom stereocenters. The first kappa shape index (κ1) is 22.7. The van der Waals surface area contributed by atoms with Gasteiger partial charge in [0.05, 0.1) is 22.7 Å². The topological polar surface area (TPSA) is 79.5 Å². The van der Waals surface area contributed by atoms with Gasteiger partial charge in [-0.3, -0.25) is 4.79 Å². The van der Waals surface area contributed by atoms with E-state index in [0.29, 0.717) is 16.1 Å². The molecule has 0 aliphatic heterocycles. The van der Waals surface area contributed by atoms with Crippen LogP contribution in [-0.4, -0.2) is 33.6 Å². The van der Waals surface area contributed by atoms with Gasteiger partial charge in [-0.15, -0.1) is 11.3 Å². The van der Waals surface area contributed by atoms with E-state index in [2.05, 4.69) is 16.0 Å². The van der Waals surface area contributed by atoms with E-state index >= 15 is 0 Å². The first-order chi connectivity index (χ1) is 13.2. The summed E-state index contributed by atoms with van der Waals surface area (Å²) in [6.07, 6.45) is -1.12. The summed E-state index contributed by atoms with van der Waals surface area (Å²) in [6, 6.07) is 10.0. The minimum Gasteiger partial charge on any atom is -0.462 e. The fraction of sp³-hybridized carbons (Fsp3) is 0.235. The highest BCUT2D eigenvalue weighted by Crippen LogP contribution is 2.29. The maximum Gasteiger partial charge on any atom is 0.340 e. The Morgan fingerprint density at radius 1 is 1.18 bits per heavy atom. The number of thiocarbonyl (C=S) groups is 1. The summed E-state index contributed by atoms with van der Waals surface area (Å²) in [5.74, 6) is -0.925. The second-order valence-corrected chi connectivity index (χ2v) is 9.01. The molecule has 3 N–H and O–H groups in total. The lowest BCUT2D eigenvalue weighted by Crippen LogP contribution is -2.56. The summed E-state index contributed by atoms with van der Waals surface area (Å²) in [4.78, 5) is 24.8. The summed E-state index contributed by atoms with van der Waals surface area (Å²) in [6.45, 7) is 1.95. The largest absolute Gasteiger partial charge is 0.462 e. The van der Waals surface area contributed by atoms with Gasteiger partial charge in [-0.25, -0.2) is 4.79 Å². The van der Waals surface area contributed by atoms with E-state index in [9.17, 15) is 9.59 Å². The Labute approximate surface area is 186 Å². The van der Waals surface area contributed by atoms with Gasteiger partial charge in [-0.2, -0.15) is 0 Å². The van der Waals surface area contributed by atoms with Gasteiger partial charge in [0, 0.05) is 0 Å². The summed E-state index contributed by atoms with van der Waals surface area (Å²) in [5, 5.41) is 9.97. The average Bonchev–Trinajstić information content (AvgIpc) is 3.15. The number of anilines is 1. The van der Waals surface area contributed by atoms with Gasteiger partial charge < -0.3 is 20.7 Å². The molecule has 28 heavy (non-hydrogen) atoms. The summed E-state index contributed by atoms with van der Waals surface area (Å²) in [5.41, 5.74) is 0.702. The number of benzene rings is 1. The number of alkyl halides is 3. The molecular formula is C17H16Cl3N3O3S2. The lowest BCUT2D eigenvalue weighted by atomic mass is 10.2. The van der Waals surface area contributed by atoms with Gasteiger partial charge in [-0.1, -0.05) is 53.0 Å². The van der Waals surface area contributed by atoms with Crippen LogP contribution in [0.1, 0.15) is 27.0 Å². The number of carbonyl (C=O) groups excluding carboxylic acids is 2. The maximum absolute atomic E-state index is 12.3. The van der Waals surface area contributed by atoms with Crippen LogP contribution in [0.3, 0.4) is 0 Å². The quantitative estimate of drug-likeness (QED) is 0.247. The lowest BCUT2D eigenvalue weighted by Gasteiger charge is -2.27. The number of hydrogen-bond acceptors (Lipinski definition) is 5. The predicted molar refractivity (Wildman–Crippen MR) is 118 cm³/mol. The summed E-state index contributed by atoms with van der Waals surface area (Å²) < 4.78 is 3.13. The number of amides is 1. The zero-order chi connectivity index (χ0) is 20.7. The Kier molecular flexibility index (Phi) is 8.33. The van der Waals surface area contributed by atoms with E-state index in [4.69, 9.17) is 51.8 Å². The first-order valence-electron chi connectivity index (χ1n) is 7.97. The molecule has 0 aliphatic carbocycles. The molecule has 2 aromatic rings. The van der Waals surface area contributed by atoms with Crippen molar-refractivity contribution in [1.82, 2.24) is 10.6 Å². The molecule has 1 aromatic heterocycles. The van der Waals surface area contributed by atoms with Gasteiger partial charge in [0.15, 0.2) is 5.11 Å². The number of esters is 1. The van der Waals surface area contributed by atoms with E-state index < -0.39 is 21.8 Å². The molecule has 1 unspecified atom stereocenters. The smallest absolute Gasteiger partial charge is 0.340 e. The third-order valence-corrected chi connectivity index (χ3v) is 5.04. The number of carbonyl (C=O) groups is 2. The number of nitrogens with one attached hydrogen (secondary N) is 3. The lowest BCUT2D eigenvalue weighted by molar-refractivity contribution is 0.0527. The van der Waals surface area contributed by atoms with Crippen LogP contribution >= 0.6 is 58.4 Å². The highest BCUT2D eigenvalue weighted by Gasteiger charge is 2.35. The molecule has 1 amide bonds. The fourth-order valence-electron chi connectivity index (χ4n) is 2.08. The number of thiophene rings is 1. The number of ether oxygens (including phenoxy) is 1. The molecule has 0 aliphatic rings. The Morgan fingerprint density at radius 2 is 1.89 bits per heavy atom. The van der Waals surface area contributed by atoms with Gasteiger partial charge in [0.1, 0.15) is 6.17 Å². The van der Waals surface area contributed by atoms with Crippen molar-refractivity contribution in [2.45, 2.75) is 16.9 Å². The van der Waals surface area contributed by atoms with E-state index in [1.165, 1.54) is 11.3 Å². The normalized spacial score (nSPS) is 12.0. The van der Waals surface area contributed by atoms with Crippen LogP contribution in [0.25, 0.3) is 0 Å². The van der Waals surface area contributed by atoms with E-state index in [1.807, 2.05) is 0 Å². The Morgan fingerprint density at radius 3 is 2.50 bits per heavy atom. The monoisotopic (exact) mass is 479 g/mol. The molecule has 0 bridgehead atoms. The zero-order valence-electron chi connectivity index (χ0n) is 14.5. The highest BCUT2D eigenvalue weighted by atomic mass is 35.6. The predicted octanol–water partition coefficient (Wildman–Crippen LogP) is 4.34. The minimum atomic E-state index is -1.89. The van der Waals surface area contributed by atoms with Crippen LogP contribution in [0.15, 0.2) is 41.8 Å². The molecule has 2 rings (SSSR count). The van der Waals surface area contributed by atoms with Crippen LogP contribution < -0.4 is 16.0 Å². The van der Waals surface area contributed by atoms with Crippen molar-refractivity contribution in [3.63, 3.8) is 0 Å². The van der Waals surface area contributed by atoms with Crippen molar-refractivity contribution in [2.75, 3.05) is 11.9 Å². The average molecular weight is 481 g/mol. The molecule has 0 radical (unpaired) electrons. The molecular weight excluding hydrogens is 465 g/mol. The molecule has 1 aromatic carbocycles. The van der Waals surface area contributed by atoms with Gasteiger partial charge in [0.25, 0.3) is 5.91 Å². The molecule has 0 fully saturated rings. The van der Waals surface area contributed by atoms with Crippen molar-refractivity contribution in [3.05, 3.63) is 52.2 Å². The molecule has 0 saturated heterocycles. The van der Waals surface area contributed by atoms with E-state index in [0.717, 1.165) is 0 Å². The molecule has 6 nitrogen and oxygen atoms in total. The number of hydrogen-bond donors (Lipinski definition) is 3. The van der Waals surface area contributed by atoms with Crippen molar-refractivity contribution < 1.29 is 14.3 Å². The SMILES string of the molecule is CCOC(=O)c1ccccc1NC(=S)NC(NC(=O)c1cccs1)C(Cl)(Cl)Cl. The third kappa shape index (κ3) is 6.49. The Hall–Kier alpha value is -1.58. The van der Waals surface area contributed by atoms with Crippen molar-refractivity contribution in [1.29, 1.82) is 0 Å². The van der Waals surface area contributed by atoms with Crippen LogP contribution in [-0.2, 0) is 4.74 Å². The second-order valence-electron chi connectivity index (χ2n) is 5.29. The second kappa shape index (κ2) is 10.3. The van der Waals surface area contributed by atoms with Crippen molar-refractivity contribution >= 4 is 81.0 Å². The maximum atomic E-state index is 12.3. The third-order valence-electron chi connectivity index (χ3n) is 3.29. The van der Waals surface area contributed by atoms with Crippen LogP contribution in [0.4, 0.5) is 5.69 Å². The number of halogens is 3. The highest BCUT2D eigenvalue weighted by molar-refractivity contribution is 7.80. The van der Waals surface area contributed by atoms with Gasteiger partial charge in [0.2, 0.25) is 3.79 Å². The van der Waals surface area contributed by atoms with Crippen LogP contribution in [0.5, 0.6) is 0 Å². The van der Waals surface area contributed by atoms with Crippen molar-refractivity contribution in [3.8, 4) is 0 Å². The van der Waals surface area contributed by atoms with Gasteiger partial charge in [-0.05, 0) is 42.7 Å². The summed E-state index contributed by atoms with van der Waals surface area (Å²) in [7, 11) is 0. The molecule has 0 saturated carbocycles. The first-order valence-corrected chi connectivity index (χ1v) is 10.4. The Balaban J connectivity index is 2.10. The van der Waals surface area contributed by atoms with Crippen LogP contribution in [0, 0.1) is 0 Å². The number of para-hydroxylation sites is 1. The molecule has 1 heterocycles. The van der Waals surface area contributed by atoms with E-state index in [1.54, 1.807) is 48.7 Å².